The van der Waals surface area contributed by atoms with Crippen LogP contribution in [0.4, 0.5) is 4.79 Å². The molecule has 1 saturated heterocycles. The minimum Gasteiger partial charge on any atom is -0.478 e. The molecule has 1 aliphatic heterocycles. The van der Waals surface area contributed by atoms with E-state index in [1.165, 1.54) is 12.1 Å². The van der Waals surface area contributed by atoms with Crippen LogP contribution in [0.1, 0.15) is 41.6 Å². The molecule has 0 bridgehead atoms. The number of carbonyl (C=O) groups excluding carboxylic acids is 1. The van der Waals surface area contributed by atoms with Gasteiger partial charge < -0.3 is 25.6 Å². The number of carboxylic acids is 1. The Hall–Kier alpha value is -2.12. The van der Waals surface area contributed by atoms with Gasteiger partial charge in [0.05, 0.1) is 11.7 Å². The molecule has 2 fully saturated rings. The quantitative estimate of drug-likeness (QED) is 0.638. The van der Waals surface area contributed by atoms with Gasteiger partial charge in [-0.1, -0.05) is 12.1 Å². The summed E-state index contributed by atoms with van der Waals surface area (Å²) in [6.45, 7) is 2.19. The zero-order valence-corrected chi connectivity index (χ0v) is 14.7. The minimum atomic E-state index is -0.973. The number of benzene rings is 1. The second-order valence-corrected chi connectivity index (χ2v) is 7.28. The molecule has 7 nitrogen and oxygen atoms in total. The number of hydrogen-bond acceptors (Lipinski definition) is 4. The predicted molar refractivity (Wildman–Crippen MR) is 94.9 cm³/mol. The van der Waals surface area contributed by atoms with E-state index in [4.69, 9.17) is 9.84 Å². The summed E-state index contributed by atoms with van der Waals surface area (Å²) in [4.78, 5) is 22.8. The van der Waals surface area contributed by atoms with E-state index in [1.807, 2.05) is 0 Å². The molecule has 2 unspecified atom stereocenters. The number of aliphatic hydroxyl groups excluding tert-OH is 1. The summed E-state index contributed by atoms with van der Waals surface area (Å²) in [6, 6.07) is 6.10. The van der Waals surface area contributed by atoms with Gasteiger partial charge in [0.1, 0.15) is 0 Å². The molecule has 26 heavy (non-hydrogen) atoms. The molecule has 0 radical (unpaired) electrons. The number of aliphatic hydroxyl groups is 1. The molecule has 142 valence electrons. The smallest absolute Gasteiger partial charge is 0.335 e. The highest BCUT2D eigenvalue weighted by Gasteiger charge is 2.48. The van der Waals surface area contributed by atoms with Gasteiger partial charge in [-0.3, -0.25) is 0 Å². The van der Waals surface area contributed by atoms with Crippen LogP contribution in [0.25, 0.3) is 0 Å². The molecule has 7 heteroatoms. The number of aromatic carboxylic acids is 1. The molecule has 2 amide bonds. The van der Waals surface area contributed by atoms with Gasteiger partial charge in [-0.25, -0.2) is 9.59 Å². The SMILES string of the molecule is O=C(NCc1ccc(C(=O)O)cc1)NCC1CCC2(CCOCC2)C1O. The molecule has 1 aromatic carbocycles. The van der Waals surface area contributed by atoms with Crippen molar-refractivity contribution in [1.82, 2.24) is 10.6 Å². The third-order valence-electron chi connectivity index (χ3n) is 5.75. The van der Waals surface area contributed by atoms with Crippen LogP contribution in [-0.2, 0) is 11.3 Å². The first kappa shape index (κ1) is 18.7. The first-order valence-electron chi connectivity index (χ1n) is 9.10. The van der Waals surface area contributed by atoms with E-state index in [0.717, 1.165) is 31.2 Å². The van der Waals surface area contributed by atoms with Crippen molar-refractivity contribution in [2.75, 3.05) is 19.8 Å². The molecule has 1 spiro atoms. The number of carbonyl (C=O) groups is 2. The van der Waals surface area contributed by atoms with Gasteiger partial charge in [0.2, 0.25) is 0 Å². The second-order valence-electron chi connectivity index (χ2n) is 7.28. The highest BCUT2D eigenvalue weighted by Crippen LogP contribution is 2.48. The molecule has 1 saturated carbocycles. The van der Waals surface area contributed by atoms with Crippen LogP contribution in [0, 0.1) is 11.3 Å². The van der Waals surface area contributed by atoms with E-state index in [-0.39, 0.29) is 22.9 Å². The molecule has 3 rings (SSSR count). The normalized spacial score (nSPS) is 24.3. The summed E-state index contributed by atoms with van der Waals surface area (Å²) in [5.41, 5.74) is 1.01. The topological polar surface area (TPSA) is 108 Å². The molecule has 0 aromatic heterocycles. The molecule has 1 aromatic rings. The molecule has 2 aliphatic rings. The second kappa shape index (κ2) is 8.05. The summed E-state index contributed by atoms with van der Waals surface area (Å²) in [7, 11) is 0. The largest absolute Gasteiger partial charge is 0.478 e. The summed E-state index contributed by atoms with van der Waals surface area (Å²) in [6.07, 6.45) is 3.29. The fourth-order valence-corrected chi connectivity index (χ4v) is 4.05. The maximum Gasteiger partial charge on any atom is 0.335 e. The number of nitrogens with one attached hydrogen (secondary N) is 2. The lowest BCUT2D eigenvalue weighted by Crippen LogP contribution is -2.43. The van der Waals surface area contributed by atoms with Crippen LogP contribution in [0.15, 0.2) is 24.3 Å². The third kappa shape index (κ3) is 4.16. The van der Waals surface area contributed by atoms with Crippen molar-refractivity contribution in [2.45, 2.75) is 38.3 Å². The van der Waals surface area contributed by atoms with Crippen LogP contribution < -0.4 is 10.6 Å². The van der Waals surface area contributed by atoms with Gasteiger partial charge in [-0.2, -0.15) is 0 Å². The van der Waals surface area contributed by atoms with E-state index < -0.39 is 12.1 Å². The fourth-order valence-electron chi connectivity index (χ4n) is 4.05. The van der Waals surface area contributed by atoms with E-state index in [0.29, 0.717) is 26.3 Å². The lowest BCUT2D eigenvalue weighted by molar-refractivity contribution is -0.0554. The maximum atomic E-state index is 12.0. The summed E-state index contributed by atoms with van der Waals surface area (Å²) in [5, 5.41) is 25.2. The van der Waals surface area contributed by atoms with Crippen molar-refractivity contribution in [2.24, 2.45) is 11.3 Å². The number of urea groups is 1. The number of rotatable bonds is 5. The van der Waals surface area contributed by atoms with Gasteiger partial charge in [-0.05, 0) is 43.4 Å². The highest BCUT2D eigenvalue weighted by molar-refractivity contribution is 5.87. The van der Waals surface area contributed by atoms with Crippen molar-refractivity contribution >= 4 is 12.0 Å². The van der Waals surface area contributed by atoms with E-state index in [1.54, 1.807) is 12.1 Å². The maximum absolute atomic E-state index is 12.0. The van der Waals surface area contributed by atoms with E-state index in [9.17, 15) is 14.7 Å². The predicted octanol–water partition coefficient (Wildman–Crippen LogP) is 1.75. The molecule has 1 heterocycles. The summed E-state index contributed by atoms with van der Waals surface area (Å²) >= 11 is 0. The number of amides is 2. The molecule has 4 N–H and O–H groups in total. The Labute approximate surface area is 152 Å². The van der Waals surface area contributed by atoms with Gasteiger partial charge in [-0.15, -0.1) is 0 Å². The van der Waals surface area contributed by atoms with Crippen LogP contribution >= 0.6 is 0 Å². The Morgan fingerprint density at radius 1 is 1.12 bits per heavy atom. The monoisotopic (exact) mass is 362 g/mol. The van der Waals surface area contributed by atoms with Crippen molar-refractivity contribution in [3.63, 3.8) is 0 Å². The third-order valence-corrected chi connectivity index (χ3v) is 5.75. The van der Waals surface area contributed by atoms with E-state index in [2.05, 4.69) is 10.6 Å². The van der Waals surface area contributed by atoms with E-state index >= 15 is 0 Å². The lowest BCUT2D eigenvalue weighted by atomic mass is 9.76. The number of ether oxygens (including phenoxy) is 1. The van der Waals surface area contributed by atoms with Gasteiger partial charge >= 0.3 is 12.0 Å². The first-order valence-corrected chi connectivity index (χ1v) is 9.10. The highest BCUT2D eigenvalue weighted by atomic mass is 16.5. The van der Waals surface area contributed by atoms with Crippen LogP contribution in [0.2, 0.25) is 0 Å². The standard InChI is InChI=1S/C19H26N2O5/c22-16-15(5-6-19(16)7-9-26-10-8-19)12-21-18(25)20-11-13-1-3-14(4-2-13)17(23)24/h1-4,15-16,22H,5-12H2,(H,23,24)(H2,20,21,25). The average molecular weight is 362 g/mol. The molecular formula is C19H26N2O5. The Morgan fingerprint density at radius 2 is 1.81 bits per heavy atom. The first-order chi connectivity index (χ1) is 12.5. The summed E-state index contributed by atoms with van der Waals surface area (Å²) in [5.74, 6) is -0.895. The Balaban J connectivity index is 1.42. The van der Waals surface area contributed by atoms with Crippen LogP contribution in [-0.4, -0.2) is 48.1 Å². The zero-order chi connectivity index (χ0) is 18.6. The van der Waals surface area contributed by atoms with Crippen molar-refractivity contribution in [1.29, 1.82) is 0 Å². The minimum absolute atomic E-state index is 0.0348. The van der Waals surface area contributed by atoms with Gasteiger partial charge in [0.25, 0.3) is 0 Å². The Morgan fingerprint density at radius 3 is 2.46 bits per heavy atom. The van der Waals surface area contributed by atoms with Gasteiger partial charge in [0, 0.05) is 37.6 Å². The van der Waals surface area contributed by atoms with Crippen molar-refractivity contribution < 1.29 is 24.5 Å². The molecular weight excluding hydrogens is 336 g/mol. The average Bonchev–Trinajstić information content (AvgIpc) is 2.95. The van der Waals surface area contributed by atoms with Gasteiger partial charge in [0.15, 0.2) is 0 Å². The van der Waals surface area contributed by atoms with Crippen LogP contribution in [0.5, 0.6) is 0 Å². The lowest BCUT2D eigenvalue weighted by Gasteiger charge is -2.37. The fraction of sp³-hybridized carbons (Fsp3) is 0.579. The molecule has 2 atom stereocenters. The van der Waals surface area contributed by atoms with Crippen molar-refractivity contribution in [3.8, 4) is 0 Å². The Kier molecular flexibility index (Phi) is 5.78. The molecule has 1 aliphatic carbocycles. The Bertz CT molecular complexity index is 640. The number of hydrogen-bond donors (Lipinski definition) is 4. The summed E-state index contributed by atoms with van der Waals surface area (Å²) < 4.78 is 5.41. The van der Waals surface area contributed by atoms with Crippen molar-refractivity contribution in [3.05, 3.63) is 35.4 Å². The number of carboxylic acid groups (broad SMARTS) is 1. The zero-order valence-electron chi connectivity index (χ0n) is 14.7. The van der Waals surface area contributed by atoms with Crippen LogP contribution in [0.3, 0.4) is 0 Å².